The van der Waals surface area contributed by atoms with Gasteiger partial charge in [-0.3, -0.25) is 4.72 Å². The standard InChI is InChI=1S/C14H15IN2O2S/c1-9-6-13(16)14(7-10(9)2)20(18,19)17-12-5-3-4-11(15)8-12/h3-8,17H,16H2,1-2H3. The van der Waals surface area contributed by atoms with Crippen molar-refractivity contribution in [2.75, 3.05) is 10.5 Å². The molecule has 0 aliphatic rings. The number of sulfonamides is 1. The maximum atomic E-state index is 12.4. The minimum atomic E-state index is -3.68. The smallest absolute Gasteiger partial charge is 0.263 e. The van der Waals surface area contributed by atoms with Gasteiger partial charge in [0, 0.05) is 9.26 Å². The number of halogens is 1. The van der Waals surface area contributed by atoms with Gasteiger partial charge in [-0.1, -0.05) is 6.07 Å². The van der Waals surface area contributed by atoms with Gasteiger partial charge in [-0.05, 0) is 77.9 Å². The highest BCUT2D eigenvalue weighted by Crippen LogP contribution is 2.25. The monoisotopic (exact) mass is 402 g/mol. The summed E-state index contributed by atoms with van der Waals surface area (Å²) in [5.74, 6) is 0. The van der Waals surface area contributed by atoms with Gasteiger partial charge in [0.25, 0.3) is 10.0 Å². The van der Waals surface area contributed by atoms with Crippen LogP contribution in [0.1, 0.15) is 11.1 Å². The first-order valence-corrected chi connectivity index (χ1v) is 8.51. The summed E-state index contributed by atoms with van der Waals surface area (Å²) in [4.78, 5) is 0.111. The molecule has 0 amide bonds. The van der Waals surface area contributed by atoms with Crippen LogP contribution in [-0.2, 0) is 10.0 Å². The van der Waals surface area contributed by atoms with Gasteiger partial charge in [0.05, 0.1) is 5.69 Å². The van der Waals surface area contributed by atoms with Crippen molar-refractivity contribution in [1.29, 1.82) is 0 Å². The molecule has 0 atom stereocenters. The van der Waals surface area contributed by atoms with Gasteiger partial charge in [0.2, 0.25) is 0 Å². The fourth-order valence-corrected chi connectivity index (χ4v) is 3.60. The van der Waals surface area contributed by atoms with Crippen LogP contribution in [0, 0.1) is 17.4 Å². The highest BCUT2D eigenvalue weighted by Gasteiger charge is 2.18. The zero-order valence-corrected chi connectivity index (χ0v) is 14.1. The molecule has 0 aromatic heterocycles. The fourth-order valence-electron chi connectivity index (χ4n) is 1.81. The van der Waals surface area contributed by atoms with Crippen LogP contribution in [0.3, 0.4) is 0 Å². The molecule has 0 heterocycles. The molecular weight excluding hydrogens is 387 g/mol. The minimum Gasteiger partial charge on any atom is -0.398 e. The summed E-state index contributed by atoms with van der Waals surface area (Å²) in [7, 11) is -3.68. The lowest BCUT2D eigenvalue weighted by atomic mass is 10.1. The quantitative estimate of drug-likeness (QED) is 0.612. The van der Waals surface area contributed by atoms with Crippen molar-refractivity contribution in [3.63, 3.8) is 0 Å². The van der Waals surface area contributed by atoms with E-state index < -0.39 is 10.0 Å². The third-order valence-corrected chi connectivity index (χ3v) is 5.10. The second kappa shape index (κ2) is 5.61. The molecule has 0 bridgehead atoms. The van der Waals surface area contributed by atoms with Gasteiger partial charge in [0.1, 0.15) is 4.90 Å². The van der Waals surface area contributed by atoms with E-state index in [-0.39, 0.29) is 10.6 Å². The van der Waals surface area contributed by atoms with Crippen molar-refractivity contribution >= 4 is 44.0 Å². The molecule has 0 radical (unpaired) electrons. The van der Waals surface area contributed by atoms with E-state index in [2.05, 4.69) is 27.3 Å². The molecule has 0 spiro atoms. The first-order valence-electron chi connectivity index (χ1n) is 5.95. The summed E-state index contributed by atoms with van der Waals surface area (Å²) >= 11 is 2.13. The zero-order chi connectivity index (χ0) is 14.9. The Kier molecular flexibility index (Phi) is 4.24. The Labute approximate surface area is 132 Å². The number of hydrogen-bond acceptors (Lipinski definition) is 3. The molecule has 0 unspecified atom stereocenters. The van der Waals surface area contributed by atoms with Gasteiger partial charge in [-0.25, -0.2) is 8.42 Å². The molecule has 6 heteroatoms. The van der Waals surface area contributed by atoms with Crippen LogP contribution in [-0.4, -0.2) is 8.42 Å². The molecule has 0 saturated carbocycles. The van der Waals surface area contributed by atoms with E-state index in [4.69, 9.17) is 5.73 Å². The molecule has 2 rings (SSSR count). The molecule has 106 valence electrons. The highest BCUT2D eigenvalue weighted by molar-refractivity contribution is 14.1. The molecule has 2 aromatic rings. The molecule has 0 aliphatic carbocycles. The predicted molar refractivity (Wildman–Crippen MR) is 90.3 cm³/mol. The SMILES string of the molecule is Cc1cc(N)c(S(=O)(=O)Nc2cccc(I)c2)cc1C. The molecule has 3 N–H and O–H groups in total. The number of nitrogens with one attached hydrogen (secondary N) is 1. The summed E-state index contributed by atoms with van der Waals surface area (Å²) in [5, 5.41) is 0. The third kappa shape index (κ3) is 3.24. The Bertz CT molecular complexity index is 758. The molecule has 0 aliphatic heterocycles. The van der Waals surface area contributed by atoms with Gasteiger partial charge in [0.15, 0.2) is 0 Å². The number of nitrogen functional groups attached to an aromatic ring is 1. The fraction of sp³-hybridized carbons (Fsp3) is 0.143. The van der Waals surface area contributed by atoms with Crippen LogP contribution in [0.5, 0.6) is 0 Å². The lowest BCUT2D eigenvalue weighted by Gasteiger charge is -2.12. The molecular formula is C14H15IN2O2S. The van der Waals surface area contributed by atoms with E-state index in [1.807, 2.05) is 19.9 Å². The van der Waals surface area contributed by atoms with Crippen LogP contribution >= 0.6 is 22.6 Å². The van der Waals surface area contributed by atoms with Crippen molar-refractivity contribution in [3.8, 4) is 0 Å². The van der Waals surface area contributed by atoms with Crippen LogP contribution in [0.2, 0.25) is 0 Å². The Hall–Kier alpha value is -1.28. The number of nitrogens with two attached hydrogens (primary N) is 1. The second-order valence-corrected chi connectivity index (χ2v) is 7.49. The predicted octanol–water partition coefficient (Wildman–Crippen LogP) is 3.29. The third-order valence-electron chi connectivity index (χ3n) is 2.99. The van der Waals surface area contributed by atoms with Crippen LogP contribution in [0.4, 0.5) is 11.4 Å². The number of hydrogen-bond donors (Lipinski definition) is 2. The number of benzene rings is 2. The van der Waals surface area contributed by atoms with E-state index in [9.17, 15) is 8.42 Å². The summed E-state index contributed by atoms with van der Waals surface area (Å²) < 4.78 is 28.3. The number of aryl methyl sites for hydroxylation is 2. The topological polar surface area (TPSA) is 72.2 Å². The number of anilines is 2. The average Bonchev–Trinajstić information content (AvgIpc) is 2.33. The zero-order valence-electron chi connectivity index (χ0n) is 11.1. The molecule has 2 aromatic carbocycles. The minimum absolute atomic E-state index is 0.111. The summed E-state index contributed by atoms with van der Waals surface area (Å²) in [6, 6.07) is 10.4. The normalized spacial score (nSPS) is 11.3. The average molecular weight is 402 g/mol. The summed E-state index contributed by atoms with van der Waals surface area (Å²) in [6.07, 6.45) is 0. The maximum Gasteiger partial charge on any atom is 0.263 e. The van der Waals surface area contributed by atoms with Crippen LogP contribution in [0.15, 0.2) is 41.3 Å². The van der Waals surface area contributed by atoms with E-state index in [0.29, 0.717) is 5.69 Å². The number of rotatable bonds is 3. The van der Waals surface area contributed by atoms with Gasteiger partial charge in [-0.2, -0.15) is 0 Å². The molecule has 0 fully saturated rings. The Morgan fingerprint density at radius 1 is 1.10 bits per heavy atom. The van der Waals surface area contributed by atoms with E-state index in [1.54, 1.807) is 30.3 Å². The molecule has 0 saturated heterocycles. The van der Waals surface area contributed by atoms with Crippen molar-refractivity contribution < 1.29 is 8.42 Å². The van der Waals surface area contributed by atoms with Gasteiger partial charge < -0.3 is 5.73 Å². The molecule has 20 heavy (non-hydrogen) atoms. The van der Waals surface area contributed by atoms with Crippen LogP contribution < -0.4 is 10.5 Å². The Balaban J connectivity index is 2.43. The lowest BCUT2D eigenvalue weighted by Crippen LogP contribution is -2.15. The van der Waals surface area contributed by atoms with Crippen molar-refractivity contribution in [2.24, 2.45) is 0 Å². The first kappa shape index (κ1) is 15.1. The van der Waals surface area contributed by atoms with E-state index in [0.717, 1.165) is 14.7 Å². The Morgan fingerprint density at radius 3 is 2.40 bits per heavy atom. The lowest BCUT2D eigenvalue weighted by molar-refractivity contribution is 0.601. The summed E-state index contributed by atoms with van der Waals surface area (Å²) in [5.41, 5.74) is 8.48. The van der Waals surface area contributed by atoms with Crippen molar-refractivity contribution in [1.82, 2.24) is 0 Å². The summed E-state index contributed by atoms with van der Waals surface area (Å²) in [6.45, 7) is 3.76. The molecule has 4 nitrogen and oxygen atoms in total. The van der Waals surface area contributed by atoms with Crippen molar-refractivity contribution in [3.05, 3.63) is 51.1 Å². The largest absolute Gasteiger partial charge is 0.398 e. The van der Waals surface area contributed by atoms with Gasteiger partial charge in [-0.15, -0.1) is 0 Å². The van der Waals surface area contributed by atoms with Crippen molar-refractivity contribution in [2.45, 2.75) is 18.7 Å². The Morgan fingerprint density at radius 2 is 1.75 bits per heavy atom. The first-order chi connectivity index (χ1) is 9.29. The van der Waals surface area contributed by atoms with Crippen LogP contribution in [0.25, 0.3) is 0 Å². The van der Waals surface area contributed by atoms with E-state index >= 15 is 0 Å². The highest BCUT2D eigenvalue weighted by atomic mass is 127. The van der Waals surface area contributed by atoms with E-state index in [1.165, 1.54) is 0 Å². The second-order valence-electron chi connectivity index (χ2n) is 4.59. The maximum absolute atomic E-state index is 12.4. The van der Waals surface area contributed by atoms with Gasteiger partial charge >= 0.3 is 0 Å².